The lowest BCUT2D eigenvalue weighted by atomic mass is 10.0. The highest BCUT2D eigenvalue weighted by Crippen LogP contribution is 2.41. The summed E-state index contributed by atoms with van der Waals surface area (Å²) in [6.07, 6.45) is -2.73. The Morgan fingerprint density at radius 1 is 1.21 bits per heavy atom. The number of benzene rings is 1. The Morgan fingerprint density at radius 3 is 2.43 bits per heavy atom. The molecule has 2 amide bonds. The smallest absolute Gasteiger partial charge is 0.434 e. The molecule has 1 aliphatic rings. The first kappa shape index (κ1) is 18.8. The molecule has 0 saturated carbocycles. The van der Waals surface area contributed by atoms with E-state index in [1.165, 1.54) is 18.2 Å². The number of carbonyl (C=O) groups is 3. The molecular weight excluding hydrogens is 374 g/mol. The Labute approximate surface area is 157 Å². The molecular formula is C16H15N5O7. The molecule has 12 nitrogen and oxygen atoms in total. The lowest BCUT2D eigenvalue weighted by Gasteiger charge is -2.28. The zero-order valence-corrected chi connectivity index (χ0v) is 14.7. The number of aromatic nitrogens is 2. The highest BCUT2D eigenvalue weighted by Gasteiger charge is 2.46. The van der Waals surface area contributed by atoms with Gasteiger partial charge in [0.05, 0.1) is 22.7 Å². The number of hydrogen-bond donors (Lipinski definition) is 3. The van der Waals surface area contributed by atoms with Crippen molar-refractivity contribution in [2.45, 2.75) is 25.9 Å². The molecule has 2 heterocycles. The lowest BCUT2D eigenvalue weighted by molar-refractivity contribution is -0.385. The fraction of sp³-hybridized carbons (Fsp3) is 0.250. The minimum atomic E-state index is -1.50. The summed E-state index contributed by atoms with van der Waals surface area (Å²) >= 11 is 0. The Morgan fingerprint density at radius 2 is 1.86 bits per heavy atom. The molecule has 0 saturated heterocycles. The highest BCUT2D eigenvalue weighted by molar-refractivity contribution is 6.07. The van der Waals surface area contributed by atoms with Crippen LogP contribution in [0.15, 0.2) is 24.3 Å². The van der Waals surface area contributed by atoms with E-state index in [0.29, 0.717) is 4.68 Å². The normalized spacial score (nSPS) is 14.4. The number of fused-ring (bicyclic) bond motifs is 1. The standard InChI is InChI=1S/C16H15N5O7/c1-16(2)11-9(7-19(16)14(23)24)12(20(18-11)15(25)26)17-13(22)8-5-3-4-6-10(8)21(27)28/h3-6H,7H2,1-2H3,(H,17,22)(H,23,24)(H,25,26). The summed E-state index contributed by atoms with van der Waals surface area (Å²) in [6.45, 7) is 2.91. The number of para-hydroxylation sites is 1. The summed E-state index contributed by atoms with van der Waals surface area (Å²) in [7, 11) is 0. The molecule has 1 aromatic carbocycles. The maximum Gasteiger partial charge on any atom is 0.434 e. The first-order valence-corrected chi connectivity index (χ1v) is 7.96. The van der Waals surface area contributed by atoms with Crippen molar-refractivity contribution in [1.29, 1.82) is 0 Å². The summed E-state index contributed by atoms with van der Waals surface area (Å²) in [5.74, 6) is -1.16. The molecule has 3 N–H and O–H groups in total. The molecule has 3 rings (SSSR count). The van der Waals surface area contributed by atoms with Crippen LogP contribution in [0.25, 0.3) is 0 Å². The molecule has 0 atom stereocenters. The molecule has 146 valence electrons. The monoisotopic (exact) mass is 389 g/mol. The minimum Gasteiger partial charge on any atom is -0.465 e. The Hall–Kier alpha value is -3.96. The van der Waals surface area contributed by atoms with Crippen LogP contribution in [0.2, 0.25) is 0 Å². The fourth-order valence-electron chi connectivity index (χ4n) is 3.15. The van der Waals surface area contributed by atoms with E-state index < -0.39 is 34.2 Å². The molecule has 0 spiro atoms. The number of nitro benzene ring substituents is 1. The van der Waals surface area contributed by atoms with Crippen LogP contribution in [0.1, 0.15) is 35.5 Å². The summed E-state index contributed by atoms with van der Waals surface area (Å²) in [6, 6.07) is 5.18. The van der Waals surface area contributed by atoms with Gasteiger partial charge in [0.2, 0.25) is 0 Å². The van der Waals surface area contributed by atoms with Gasteiger partial charge in [-0.15, -0.1) is 4.68 Å². The number of anilines is 1. The van der Waals surface area contributed by atoms with E-state index in [2.05, 4.69) is 10.4 Å². The molecule has 1 aromatic heterocycles. The molecule has 28 heavy (non-hydrogen) atoms. The average molecular weight is 389 g/mol. The van der Waals surface area contributed by atoms with Gasteiger partial charge in [0, 0.05) is 11.6 Å². The van der Waals surface area contributed by atoms with Crippen molar-refractivity contribution >= 4 is 29.6 Å². The highest BCUT2D eigenvalue weighted by atomic mass is 16.6. The maximum atomic E-state index is 12.6. The first-order chi connectivity index (χ1) is 13.1. The third-order valence-corrected chi connectivity index (χ3v) is 4.54. The third kappa shape index (κ3) is 2.80. The SMILES string of the molecule is CC1(C)c2nn(C(=O)O)c(NC(=O)c3ccccc3[N+](=O)[O-])c2CN1C(=O)O. The second-order valence-electron chi connectivity index (χ2n) is 6.53. The summed E-state index contributed by atoms with van der Waals surface area (Å²) in [5.41, 5.74) is -1.46. The molecule has 0 unspecified atom stereocenters. The predicted molar refractivity (Wildman–Crippen MR) is 93.3 cm³/mol. The van der Waals surface area contributed by atoms with Gasteiger partial charge >= 0.3 is 12.2 Å². The number of nitrogens with zero attached hydrogens (tertiary/aromatic N) is 4. The van der Waals surface area contributed by atoms with Gasteiger partial charge in [0.1, 0.15) is 11.4 Å². The quantitative estimate of drug-likeness (QED) is 0.530. The molecule has 12 heteroatoms. The van der Waals surface area contributed by atoms with Crippen molar-refractivity contribution in [3.63, 3.8) is 0 Å². The number of rotatable bonds is 3. The van der Waals surface area contributed by atoms with Gasteiger partial charge in [-0.2, -0.15) is 5.10 Å². The molecule has 0 aliphatic carbocycles. The van der Waals surface area contributed by atoms with E-state index in [1.807, 2.05) is 0 Å². The van der Waals surface area contributed by atoms with E-state index in [-0.39, 0.29) is 29.2 Å². The van der Waals surface area contributed by atoms with Crippen LogP contribution in [0.5, 0.6) is 0 Å². The zero-order valence-electron chi connectivity index (χ0n) is 14.7. The van der Waals surface area contributed by atoms with Gasteiger partial charge in [0.25, 0.3) is 11.6 Å². The van der Waals surface area contributed by atoms with Crippen LogP contribution in [0, 0.1) is 10.1 Å². The number of carbonyl (C=O) groups excluding carboxylic acids is 1. The summed E-state index contributed by atoms with van der Waals surface area (Å²) < 4.78 is 0.526. The minimum absolute atomic E-state index is 0.176. The lowest BCUT2D eigenvalue weighted by Crippen LogP contribution is -2.40. The van der Waals surface area contributed by atoms with Crippen LogP contribution in [0.4, 0.5) is 21.1 Å². The van der Waals surface area contributed by atoms with Crippen molar-refractivity contribution < 1.29 is 29.5 Å². The number of nitro groups is 1. The van der Waals surface area contributed by atoms with Gasteiger partial charge in [-0.05, 0) is 19.9 Å². The van der Waals surface area contributed by atoms with E-state index in [1.54, 1.807) is 13.8 Å². The van der Waals surface area contributed by atoms with Crippen molar-refractivity contribution in [3.05, 3.63) is 51.2 Å². The van der Waals surface area contributed by atoms with Crippen LogP contribution in [-0.4, -0.2) is 47.9 Å². The van der Waals surface area contributed by atoms with E-state index in [9.17, 15) is 34.7 Å². The second kappa shape index (κ2) is 6.33. The zero-order chi connectivity index (χ0) is 20.8. The van der Waals surface area contributed by atoms with Gasteiger partial charge < -0.3 is 15.5 Å². The molecule has 0 radical (unpaired) electrons. The molecule has 0 fully saturated rings. The van der Waals surface area contributed by atoms with Crippen LogP contribution >= 0.6 is 0 Å². The van der Waals surface area contributed by atoms with Gasteiger partial charge in [-0.3, -0.25) is 19.8 Å². The number of amides is 2. The van der Waals surface area contributed by atoms with Crippen molar-refractivity contribution in [3.8, 4) is 0 Å². The van der Waals surface area contributed by atoms with Crippen LogP contribution in [-0.2, 0) is 12.1 Å². The number of hydrogen-bond acceptors (Lipinski definition) is 6. The van der Waals surface area contributed by atoms with E-state index >= 15 is 0 Å². The van der Waals surface area contributed by atoms with Gasteiger partial charge in [-0.1, -0.05) is 12.1 Å². The summed E-state index contributed by atoms with van der Waals surface area (Å²) in [5, 5.41) is 36.2. The average Bonchev–Trinajstić information content (AvgIpc) is 3.10. The van der Waals surface area contributed by atoms with E-state index in [0.717, 1.165) is 11.0 Å². The Bertz CT molecular complexity index is 1030. The topological polar surface area (TPSA) is 168 Å². The second-order valence-corrected chi connectivity index (χ2v) is 6.53. The fourth-order valence-corrected chi connectivity index (χ4v) is 3.15. The van der Waals surface area contributed by atoms with E-state index in [4.69, 9.17) is 0 Å². The van der Waals surface area contributed by atoms with Crippen LogP contribution in [0.3, 0.4) is 0 Å². The number of nitrogens with one attached hydrogen (secondary N) is 1. The first-order valence-electron chi connectivity index (χ1n) is 7.96. The Balaban J connectivity index is 2.07. The third-order valence-electron chi connectivity index (χ3n) is 4.54. The van der Waals surface area contributed by atoms with Crippen molar-refractivity contribution in [2.24, 2.45) is 0 Å². The molecule has 0 bridgehead atoms. The van der Waals surface area contributed by atoms with Gasteiger partial charge in [0.15, 0.2) is 0 Å². The largest absolute Gasteiger partial charge is 0.465 e. The van der Waals surface area contributed by atoms with Crippen molar-refractivity contribution in [1.82, 2.24) is 14.7 Å². The summed E-state index contributed by atoms with van der Waals surface area (Å²) in [4.78, 5) is 47.1. The Kier molecular flexibility index (Phi) is 4.26. The van der Waals surface area contributed by atoms with Crippen LogP contribution < -0.4 is 5.32 Å². The van der Waals surface area contributed by atoms with Crippen molar-refractivity contribution in [2.75, 3.05) is 5.32 Å². The van der Waals surface area contributed by atoms with Gasteiger partial charge in [-0.25, -0.2) is 9.59 Å². The predicted octanol–water partition coefficient (Wildman–Crippen LogP) is 2.30. The molecule has 2 aromatic rings. The maximum absolute atomic E-state index is 12.6. The number of carboxylic acid groups (broad SMARTS) is 2. The molecule has 1 aliphatic heterocycles.